The molecule has 22 heavy (non-hydrogen) atoms. The minimum Gasteiger partial charge on any atom is -0.466 e. The van der Waals surface area contributed by atoms with E-state index in [1.54, 1.807) is 12.1 Å². The minimum atomic E-state index is -0.565. The van der Waals surface area contributed by atoms with Gasteiger partial charge in [0.1, 0.15) is 0 Å². The predicted molar refractivity (Wildman–Crippen MR) is 86.0 cm³/mol. The number of carbonyl (C=O) groups excluding carboxylic acids is 1. The molecule has 1 saturated heterocycles. The number of aliphatic hydroxyl groups excluding tert-OH is 1. The summed E-state index contributed by atoms with van der Waals surface area (Å²) in [6.45, 7) is 0. The van der Waals surface area contributed by atoms with Gasteiger partial charge in [0.05, 0.1) is 34.9 Å². The molecule has 3 rings (SSSR count). The highest BCUT2D eigenvalue weighted by Gasteiger charge is 2.47. The molecule has 1 N–H and O–H groups in total. The summed E-state index contributed by atoms with van der Waals surface area (Å²) in [5.41, 5.74) is 2.26. The van der Waals surface area contributed by atoms with E-state index in [9.17, 15) is 9.90 Å². The second kappa shape index (κ2) is 5.85. The van der Waals surface area contributed by atoms with Crippen LogP contribution in [-0.2, 0) is 9.53 Å². The van der Waals surface area contributed by atoms with E-state index in [-0.39, 0.29) is 12.1 Å². The van der Waals surface area contributed by atoms with E-state index in [2.05, 4.69) is 4.90 Å². The molecule has 2 bridgehead atoms. The van der Waals surface area contributed by atoms with Crippen molar-refractivity contribution >= 4 is 34.7 Å². The first kappa shape index (κ1) is 15.8. The van der Waals surface area contributed by atoms with E-state index in [0.717, 1.165) is 11.1 Å². The van der Waals surface area contributed by atoms with Gasteiger partial charge in [-0.2, -0.15) is 0 Å². The van der Waals surface area contributed by atoms with Gasteiger partial charge in [-0.15, -0.1) is 0 Å². The zero-order chi connectivity index (χ0) is 16.0. The van der Waals surface area contributed by atoms with Crippen molar-refractivity contribution in [3.05, 3.63) is 39.4 Å². The van der Waals surface area contributed by atoms with Crippen LogP contribution >= 0.6 is 23.2 Å². The molecule has 0 spiro atoms. The number of hydrogen-bond donors (Lipinski definition) is 1. The molecule has 1 fully saturated rings. The van der Waals surface area contributed by atoms with E-state index in [0.29, 0.717) is 28.5 Å². The molecule has 1 aromatic carbocycles. The largest absolute Gasteiger partial charge is 0.466 e. The molecular formula is C16H17Cl2NO3. The first-order valence-electron chi connectivity index (χ1n) is 7.10. The number of likely N-dealkylation sites (N-methyl/N-ethyl adjacent to an activating group) is 1. The van der Waals surface area contributed by atoms with Crippen LogP contribution in [0.2, 0.25) is 10.0 Å². The van der Waals surface area contributed by atoms with E-state index >= 15 is 0 Å². The zero-order valence-corrected chi connectivity index (χ0v) is 13.9. The normalized spacial score (nSPS) is 28.1. The lowest BCUT2D eigenvalue weighted by Crippen LogP contribution is -2.43. The highest BCUT2D eigenvalue weighted by molar-refractivity contribution is 6.42. The number of ether oxygens (including phenoxy) is 1. The van der Waals surface area contributed by atoms with Gasteiger partial charge in [-0.1, -0.05) is 29.3 Å². The summed E-state index contributed by atoms with van der Waals surface area (Å²) in [5, 5.41) is 11.2. The third-order valence-electron chi connectivity index (χ3n) is 4.63. The molecule has 0 saturated carbocycles. The van der Waals surface area contributed by atoms with Gasteiger partial charge >= 0.3 is 5.97 Å². The fraction of sp³-hybridized carbons (Fsp3) is 0.438. The molecule has 2 aliphatic heterocycles. The van der Waals surface area contributed by atoms with Crippen molar-refractivity contribution in [3.8, 4) is 0 Å². The number of fused-ring (bicyclic) bond motifs is 2. The summed E-state index contributed by atoms with van der Waals surface area (Å²) in [6, 6.07) is 5.20. The van der Waals surface area contributed by atoms with Gasteiger partial charge in [-0.25, -0.2) is 4.79 Å². The molecule has 0 aromatic heterocycles. The van der Waals surface area contributed by atoms with Crippen molar-refractivity contribution in [2.24, 2.45) is 0 Å². The molecule has 4 nitrogen and oxygen atoms in total. The average molecular weight is 342 g/mol. The summed E-state index contributed by atoms with van der Waals surface area (Å²) in [7, 11) is 3.29. The number of benzene rings is 1. The molecule has 1 aromatic rings. The number of halogens is 2. The fourth-order valence-electron chi connectivity index (χ4n) is 3.53. The fourth-order valence-corrected chi connectivity index (χ4v) is 3.83. The Kier molecular flexibility index (Phi) is 4.21. The highest BCUT2D eigenvalue weighted by Crippen LogP contribution is 2.43. The molecule has 0 amide bonds. The molecule has 0 aliphatic carbocycles. The quantitative estimate of drug-likeness (QED) is 0.840. The van der Waals surface area contributed by atoms with Crippen LogP contribution in [0.4, 0.5) is 0 Å². The Labute approximate surface area is 139 Å². The van der Waals surface area contributed by atoms with Crippen molar-refractivity contribution in [2.45, 2.75) is 31.0 Å². The number of carbonyl (C=O) groups is 1. The number of esters is 1. The minimum absolute atomic E-state index is 0.206. The molecule has 2 heterocycles. The number of aliphatic hydroxyl groups is 1. The Morgan fingerprint density at radius 3 is 2.73 bits per heavy atom. The molecule has 3 atom stereocenters. The van der Waals surface area contributed by atoms with Gasteiger partial charge in [0.2, 0.25) is 0 Å². The molecule has 3 unspecified atom stereocenters. The predicted octanol–water partition coefficient (Wildman–Crippen LogP) is 2.76. The molecule has 6 heteroatoms. The van der Waals surface area contributed by atoms with Gasteiger partial charge in [0.15, 0.2) is 0 Å². The van der Waals surface area contributed by atoms with Crippen LogP contribution in [0.3, 0.4) is 0 Å². The van der Waals surface area contributed by atoms with Crippen LogP contribution in [0.25, 0.3) is 5.57 Å². The maximum atomic E-state index is 12.3. The Hall–Kier alpha value is -1.07. The van der Waals surface area contributed by atoms with Gasteiger partial charge in [-0.05, 0) is 43.2 Å². The van der Waals surface area contributed by atoms with Crippen LogP contribution in [0, 0.1) is 0 Å². The topological polar surface area (TPSA) is 49.8 Å². The summed E-state index contributed by atoms with van der Waals surface area (Å²) in [4.78, 5) is 14.4. The summed E-state index contributed by atoms with van der Waals surface area (Å²) < 4.78 is 4.95. The standard InChI is InChI=1S/C16H17Cl2NO3/c1-19-9-6-10(8-3-4-11(17)12(18)5-8)14(16(21)22-2)15(19)13(20)7-9/h3-5,9,13,15,20H,6-7H2,1-2H3. The Morgan fingerprint density at radius 1 is 1.36 bits per heavy atom. The van der Waals surface area contributed by atoms with Crippen LogP contribution in [-0.4, -0.2) is 48.3 Å². The van der Waals surface area contributed by atoms with E-state index in [1.165, 1.54) is 7.11 Å². The Balaban J connectivity index is 2.16. The van der Waals surface area contributed by atoms with Crippen molar-refractivity contribution in [2.75, 3.05) is 14.2 Å². The lowest BCUT2D eigenvalue weighted by molar-refractivity contribution is -0.137. The number of methoxy groups -OCH3 is 1. The van der Waals surface area contributed by atoms with Crippen LogP contribution in [0.5, 0.6) is 0 Å². The van der Waals surface area contributed by atoms with E-state index in [1.807, 2.05) is 13.1 Å². The van der Waals surface area contributed by atoms with Gasteiger partial charge in [0, 0.05) is 6.04 Å². The zero-order valence-electron chi connectivity index (χ0n) is 12.3. The monoisotopic (exact) mass is 341 g/mol. The lowest BCUT2D eigenvalue weighted by Gasteiger charge is -2.34. The van der Waals surface area contributed by atoms with Crippen molar-refractivity contribution in [3.63, 3.8) is 0 Å². The summed E-state index contributed by atoms with van der Waals surface area (Å²) >= 11 is 12.1. The smallest absolute Gasteiger partial charge is 0.335 e. The molecule has 0 radical (unpaired) electrons. The van der Waals surface area contributed by atoms with Crippen molar-refractivity contribution in [1.82, 2.24) is 4.90 Å². The Bertz CT molecular complexity index is 659. The summed E-state index contributed by atoms with van der Waals surface area (Å²) in [5.74, 6) is -0.405. The van der Waals surface area contributed by atoms with Gasteiger partial charge < -0.3 is 9.84 Å². The van der Waals surface area contributed by atoms with Crippen LogP contribution < -0.4 is 0 Å². The number of rotatable bonds is 2. The van der Waals surface area contributed by atoms with E-state index < -0.39 is 12.1 Å². The SMILES string of the molecule is COC(=O)C1=C(c2ccc(Cl)c(Cl)c2)CC2CC(O)C1N2C. The third kappa shape index (κ3) is 2.44. The molecule has 118 valence electrons. The lowest BCUT2D eigenvalue weighted by atomic mass is 9.88. The first-order chi connectivity index (χ1) is 10.4. The maximum Gasteiger partial charge on any atom is 0.335 e. The van der Waals surface area contributed by atoms with Crippen LogP contribution in [0.15, 0.2) is 23.8 Å². The third-order valence-corrected chi connectivity index (χ3v) is 5.37. The second-order valence-electron chi connectivity index (χ2n) is 5.78. The number of hydrogen-bond acceptors (Lipinski definition) is 4. The second-order valence-corrected chi connectivity index (χ2v) is 6.60. The van der Waals surface area contributed by atoms with Crippen molar-refractivity contribution in [1.29, 1.82) is 0 Å². The number of nitrogens with zero attached hydrogens (tertiary/aromatic N) is 1. The van der Waals surface area contributed by atoms with Gasteiger partial charge in [-0.3, -0.25) is 4.90 Å². The average Bonchev–Trinajstić information content (AvgIpc) is 2.68. The molecule has 2 aliphatic rings. The Morgan fingerprint density at radius 2 is 2.09 bits per heavy atom. The summed E-state index contributed by atoms with van der Waals surface area (Å²) in [6.07, 6.45) is 0.753. The van der Waals surface area contributed by atoms with E-state index in [4.69, 9.17) is 27.9 Å². The molecular weight excluding hydrogens is 325 g/mol. The maximum absolute atomic E-state index is 12.3. The van der Waals surface area contributed by atoms with Gasteiger partial charge in [0.25, 0.3) is 0 Å². The van der Waals surface area contributed by atoms with Crippen LogP contribution in [0.1, 0.15) is 18.4 Å². The van der Waals surface area contributed by atoms with Crippen molar-refractivity contribution < 1.29 is 14.6 Å². The first-order valence-corrected chi connectivity index (χ1v) is 7.86. The highest BCUT2D eigenvalue weighted by atomic mass is 35.5.